The van der Waals surface area contributed by atoms with Crippen LogP contribution in [0, 0.1) is 0 Å². The molecule has 0 fully saturated rings. The van der Waals surface area contributed by atoms with Crippen molar-refractivity contribution in [2.24, 2.45) is 5.11 Å². The monoisotopic (exact) mass is 291 g/mol. The minimum atomic E-state index is -3.67. The molecule has 0 aliphatic rings. The van der Waals surface area contributed by atoms with E-state index in [1.54, 1.807) is 0 Å². The molecule has 0 aromatic carbocycles. The van der Waals surface area contributed by atoms with E-state index in [9.17, 15) is 29.7 Å². The average molecular weight is 291 g/mol. The fraction of sp³-hybridized carbons (Fsp3) is 0.667. The van der Waals surface area contributed by atoms with E-state index in [2.05, 4.69) is 5.11 Å². The predicted octanol–water partition coefficient (Wildman–Crippen LogP) is -2.86. The van der Waals surface area contributed by atoms with Gasteiger partial charge >= 0.3 is 0 Å². The summed E-state index contributed by atoms with van der Waals surface area (Å²) in [5, 5.41) is 49.5. The highest BCUT2D eigenvalue weighted by molar-refractivity contribution is 6.15. The highest BCUT2D eigenvalue weighted by Crippen LogP contribution is 2.31. The zero-order valence-corrected chi connectivity index (χ0v) is 10.5. The van der Waals surface area contributed by atoms with Crippen molar-refractivity contribution in [3.63, 3.8) is 0 Å². The molecule has 0 radical (unpaired) electrons. The highest BCUT2D eigenvalue weighted by Gasteiger charge is 2.65. The molecule has 20 heavy (non-hydrogen) atoms. The molecule has 0 bridgehead atoms. The van der Waals surface area contributed by atoms with E-state index >= 15 is 0 Å². The molecule has 11 heteroatoms. The smallest absolute Gasteiger partial charge is 0.261 e. The van der Waals surface area contributed by atoms with Gasteiger partial charge < -0.3 is 25.5 Å². The molecule has 0 heterocycles. The van der Waals surface area contributed by atoms with Gasteiger partial charge in [0, 0.05) is 4.91 Å². The van der Waals surface area contributed by atoms with E-state index in [0.717, 1.165) is 0 Å². The quantitative estimate of drug-likeness (QED) is 0.113. The number of azide groups is 1. The van der Waals surface area contributed by atoms with Gasteiger partial charge in [-0.05, 0) is 24.5 Å². The van der Waals surface area contributed by atoms with Gasteiger partial charge in [0.25, 0.3) is 5.91 Å². The molecule has 0 saturated carbocycles. The molecule has 0 aromatic rings. The van der Waals surface area contributed by atoms with Crippen molar-refractivity contribution in [3.05, 3.63) is 10.4 Å². The zero-order chi connectivity index (χ0) is 16.3. The topological polar surface area (TPSA) is 201 Å². The molecule has 0 rings (SSSR count). The van der Waals surface area contributed by atoms with E-state index in [1.807, 2.05) is 4.91 Å². The number of rotatable bonds is 6. The van der Waals surface area contributed by atoms with Crippen molar-refractivity contribution in [3.8, 4) is 0 Å². The Hall–Kier alpha value is -1.88. The Morgan fingerprint density at radius 2 is 1.55 bits per heavy atom. The van der Waals surface area contributed by atoms with Crippen molar-refractivity contribution in [1.82, 2.24) is 0 Å². The maximum atomic E-state index is 11.5. The minimum Gasteiger partial charge on any atom is -0.384 e. The first kappa shape index (κ1) is 18.1. The summed E-state index contributed by atoms with van der Waals surface area (Å²) in [5.74, 6) is -5.06. The summed E-state index contributed by atoms with van der Waals surface area (Å²) in [6.07, 6.45) is -5.58. The van der Waals surface area contributed by atoms with Crippen LogP contribution in [0.25, 0.3) is 10.4 Å². The van der Waals surface area contributed by atoms with E-state index in [-0.39, 0.29) is 0 Å². The van der Waals surface area contributed by atoms with Gasteiger partial charge in [0.15, 0.2) is 23.5 Å². The van der Waals surface area contributed by atoms with Crippen molar-refractivity contribution in [1.29, 1.82) is 0 Å². The van der Waals surface area contributed by atoms with Crippen LogP contribution in [0.3, 0.4) is 0 Å². The lowest BCUT2D eigenvalue weighted by molar-refractivity contribution is -0.238. The molecule has 0 aromatic heterocycles. The molecule has 112 valence electrons. The molecular formula is C9H13N3O8. The molecule has 0 unspecified atom stereocenters. The zero-order valence-electron chi connectivity index (χ0n) is 10.5. The molecule has 1 amide bonds. The number of Topliss-reactive ketones (excluding diaryl/α,β-unsaturated/α-hetero) is 2. The number of nitrogens with zero attached hydrogens (tertiary/aromatic N) is 3. The predicted molar refractivity (Wildman–Crippen MR) is 59.6 cm³/mol. The van der Waals surface area contributed by atoms with Crippen LogP contribution in [0.5, 0.6) is 0 Å². The van der Waals surface area contributed by atoms with Crippen LogP contribution in [-0.4, -0.2) is 66.6 Å². The second kappa shape index (κ2) is 6.05. The van der Waals surface area contributed by atoms with Gasteiger partial charge in [-0.3, -0.25) is 14.4 Å². The molecule has 0 spiro atoms. The summed E-state index contributed by atoms with van der Waals surface area (Å²) < 4.78 is 0. The standard InChI is InChI=1S/C9H13N3O8/c1-3(13)8(19,5(15)6(16)17)9(20,4(2)14)7(18)11-12-10/h5-6,15-17,19-20H,1-2H3/t5-,8-,9+/m1/s1. The fourth-order valence-electron chi connectivity index (χ4n) is 1.59. The Morgan fingerprint density at radius 1 is 1.10 bits per heavy atom. The minimum absolute atomic E-state index is 0.565. The second-order valence-electron chi connectivity index (χ2n) is 3.94. The third-order valence-electron chi connectivity index (χ3n) is 2.75. The fourth-order valence-corrected chi connectivity index (χ4v) is 1.59. The van der Waals surface area contributed by atoms with Crippen LogP contribution in [0.1, 0.15) is 13.8 Å². The van der Waals surface area contributed by atoms with Crippen LogP contribution in [0.15, 0.2) is 5.11 Å². The summed E-state index contributed by atoms with van der Waals surface area (Å²) in [7, 11) is 0. The van der Waals surface area contributed by atoms with Gasteiger partial charge in [-0.15, -0.1) is 0 Å². The number of hydrogen-bond acceptors (Lipinski definition) is 8. The first-order chi connectivity index (χ1) is 8.97. The van der Waals surface area contributed by atoms with Gasteiger partial charge in [0.05, 0.1) is 0 Å². The average Bonchev–Trinajstić information content (AvgIpc) is 2.35. The maximum Gasteiger partial charge on any atom is 0.261 e. The Kier molecular flexibility index (Phi) is 5.48. The van der Waals surface area contributed by atoms with Gasteiger partial charge in [-0.2, -0.15) is 0 Å². The van der Waals surface area contributed by atoms with Gasteiger partial charge in [0.1, 0.15) is 6.10 Å². The van der Waals surface area contributed by atoms with Crippen molar-refractivity contribution in [2.45, 2.75) is 37.4 Å². The third-order valence-corrected chi connectivity index (χ3v) is 2.75. The number of carbonyl (C=O) groups excluding carboxylic acids is 3. The molecule has 0 aliphatic heterocycles. The van der Waals surface area contributed by atoms with Gasteiger partial charge in [-0.25, -0.2) is 0 Å². The normalized spacial score (nSPS) is 18.4. The largest absolute Gasteiger partial charge is 0.384 e. The molecule has 0 saturated heterocycles. The van der Waals surface area contributed by atoms with E-state index in [4.69, 9.17) is 15.7 Å². The van der Waals surface area contributed by atoms with Crippen LogP contribution in [-0.2, 0) is 14.4 Å². The molecule has 11 nitrogen and oxygen atoms in total. The summed E-state index contributed by atoms with van der Waals surface area (Å²) in [5.41, 5.74) is 0.836. The molecular weight excluding hydrogens is 278 g/mol. The van der Waals surface area contributed by atoms with E-state index in [1.165, 1.54) is 0 Å². The lowest BCUT2D eigenvalue weighted by Gasteiger charge is -2.41. The number of aliphatic hydroxyl groups excluding tert-OH is 2. The van der Waals surface area contributed by atoms with Gasteiger partial charge in [-0.1, -0.05) is 0 Å². The van der Waals surface area contributed by atoms with E-state index < -0.39 is 41.1 Å². The summed E-state index contributed by atoms with van der Waals surface area (Å²) in [6.45, 7) is 1.14. The Balaban J connectivity index is 6.35. The third kappa shape index (κ3) is 2.54. The van der Waals surface area contributed by atoms with Gasteiger partial charge in [0.2, 0.25) is 5.60 Å². The Morgan fingerprint density at radius 3 is 1.80 bits per heavy atom. The SMILES string of the molecule is CC(=O)[C@](O)(C(=O)N=[N+]=[N-])[C@@](O)(C(C)=O)[C@H](O)C(O)O. The Labute approximate surface area is 111 Å². The first-order valence-corrected chi connectivity index (χ1v) is 5.08. The van der Waals surface area contributed by atoms with E-state index in [0.29, 0.717) is 13.8 Å². The first-order valence-electron chi connectivity index (χ1n) is 5.08. The number of aliphatic hydroxyl groups is 5. The maximum absolute atomic E-state index is 11.5. The molecule has 3 atom stereocenters. The van der Waals surface area contributed by atoms with Crippen molar-refractivity contribution >= 4 is 17.5 Å². The summed E-state index contributed by atoms with van der Waals surface area (Å²) in [6, 6.07) is 0. The van der Waals surface area contributed by atoms with Crippen LogP contribution in [0.4, 0.5) is 0 Å². The molecule has 5 N–H and O–H groups in total. The van der Waals surface area contributed by atoms with Crippen molar-refractivity contribution < 1.29 is 39.9 Å². The lowest BCUT2D eigenvalue weighted by Crippen LogP contribution is -2.73. The number of ketones is 2. The summed E-state index contributed by atoms with van der Waals surface area (Å²) in [4.78, 5) is 36.4. The van der Waals surface area contributed by atoms with Crippen LogP contribution < -0.4 is 0 Å². The highest BCUT2D eigenvalue weighted by atomic mass is 16.5. The number of amides is 1. The number of hydrogen-bond donors (Lipinski definition) is 5. The Bertz CT molecular complexity index is 486. The summed E-state index contributed by atoms with van der Waals surface area (Å²) >= 11 is 0. The number of carbonyl (C=O) groups is 3. The lowest BCUT2D eigenvalue weighted by atomic mass is 9.72. The van der Waals surface area contributed by atoms with Crippen LogP contribution >= 0.6 is 0 Å². The molecule has 0 aliphatic carbocycles. The second-order valence-corrected chi connectivity index (χ2v) is 3.94. The van der Waals surface area contributed by atoms with Crippen LogP contribution in [0.2, 0.25) is 0 Å². The van der Waals surface area contributed by atoms with Crippen molar-refractivity contribution in [2.75, 3.05) is 0 Å².